The van der Waals surface area contributed by atoms with E-state index in [4.69, 9.17) is 0 Å². The van der Waals surface area contributed by atoms with Gasteiger partial charge in [0.1, 0.15) is 0 Å². The van der Waals surface area contributed by atoms with Gasteiger partial charge in [0.05, 0.1) is 0 Å². The van der Waals surface area contributed by atoms with Gasteiger partial charge in [-0.3, -0.25) is 0 Å². The number of rotatable bonds is 3. The van der Waals surface area contributed by atoms with Crippen molar-refractivity contribution in [3.8, 4) is 0 Å². The first-order valence-corrected chi connectivity index (χ1v) is 7.01. The minimum absolute atomic E-state index is 0.196. The van der Waals surface area contributed by atoms with E-state index >= 15 is 0 Å². The quantitative estimate of drug-likeness (QED) is 0.552. The molecule has 0 saturated heterocycles. The Hall–Kier alpha value is 1.87. The third-order valence-corrected chi connectivity index (χ3v) is 7.90. The van der Waals surface area contributed by atoms with Crippen molar-refractivity contribution in [2.24, 2.45) is 0 Å². The van der Waals surface area contributed by atoms with Gasteiger partial charge in [-0.05, 0) is 0 Å². The topological polar surface area (TPSA) is 0 Å². The van der Waals surface area contributed by atoms with E-state index < -0.39 is 0 Å². The van der Waals surface area contributed by atoms with E-state index in [0.29, 0.717) is 0 Å². The first kappa shape index (κ1) is 8.87. The summed E-state index contributed by atoms with van der Waals surface area (Å²) in [5, 5.41) is 3.41. The molecule has 0 amide bonds. The summed E-state index contributed by atoms with van der Waals surface area (Å²) in [5.41, 5.74) is 0. The summed E-state index contributed by atoms with van der Waals surface area (Å²) in [7, 11) is 0.196. The van der Waals surface area contributed by atoms with Crippen LogP contribution >= 0.6 is 55.7 Å². The fourth-order valence-corrected chi connectivity index (χ4v) is 7.76. The second-order valence-electron chi connectivity index (χ2n) is 1.03. The Labute approximate surface area is 70.6 Å². The maximum absolute atomic E-state index is 3.40. The summed E-state index contributed by atoms with van der Waals surface area (Å²) in [6.45, 7) is 0. The van der Waals surface area contributed by atoms with Crippen LogP contribution in [0.25, 0.3) is 0 Å². The van der Waals surface area contributed by atoms with Crippen molar-refractivity contribution in [3.63, 3.8) is 0 Å². The average molecular weight is 313 g/mol. The van der Waals surface area contributed by atoms with Gasteiger partial charge in [-0.1, -0.05) is 55.7 Å². The minimum atomic E-state index is 0.196. The summed E-state index contributed by atoms with van der Waals surface area (Å²) >= 11 is 10.2. The molecule has 0 aliphatic heterocycles. The van der Waals surface area contributed by atoms with Crippen LogP contribution < -0.4 is 0 Å². The first-order valence-electron chi connectivity index (χ1n) is 1.75. The molecule has 0 aromatic carbocycles. The van der Waals surface area contributed by atoms with E-state index in [0.717, 1.165) is 15.2 Å². The van der Waals surface area contributed by atoms with Crippen molar-refractivity contribution in [3.05, 3.63) is 0 Å². The van der Waals surface area contributed by atoms with Gasteiger partial charge in [0.25, 0.3) is 0 Å². The van der Waals surface area contributed by atoms with Crippen LogP contribution in [-0.2, 0) is 0 Å². The molecule has 0 aliphatic carbocycles. The SMILES string of the molecule is BrCP(CBr)CBr. The number of hydrogen-bond donors (Lipinski definition) is 0. The lowest BCUT2D eigenvalue weighted by molar-refractivity contribution is 2.00. The predicted molar refractivity (Wildman–Crippen MR) is 48.3 cm³/mol. The van der Waals surface area contributed by atoms with Crippen molar-refractivity contribution >= 4 is 55.7 Å². The fourth-order valence-electron chi connectivity index (χ4n) is 0.0958. The van der Waals surface area contributed by atoms with Crippen LogP contribution in [-0.4, -0.2) is 15.2 Å². The highest BCUT2D eigenvalue weighted by molar-refractivity contribution is 9.13. The van der Waals surface area contributed by atoms with Crippen molar-refractivity contribution < 1.29 is 0 Å². The highest BCUT2D eigenvalue weighted by Crippen LogP contribution is 2.40. The second-order valence-corrected chi connectivity index (χ2v) is 7.60. The zero-order valence-corrected chi connectivity index (χ0v) is 9.35. The van der Waals surface area contributed by atoms with Crippen molar-refractivity contribution in [2.75, 3.05) is 15.2 Å². The van der Waals surface area contributed by atoms with Gasteiger partial charge >= 0.3 is 0 Å². The summed E-state index contributed by atoms with van der Waals surface area (Å²) in [4.78, 5) is 0. The molecule has 0 unspecified atom stereocenters. The van der Waals surface area contributed by atoms with Gasteiger partial charge in [-0.15, -0.1) is 0 Å². The smallest absolute Gasteiger partial charge is 0.0250 e. The molecule has 0 nitrogen and oxygen atoms in total. The largest absolute Gasteiger partial charge is 0.0876 e. The Morgan fingerprint density at radius 2 is 1.14 bits per heavy atom. The molecule has 0 aliphatic rings. The Morgan fingerprint density at radius 1 is 0.857 bits per heavy atom. The third-order valence-electron chi connectivity index (χ3n) is 0.507. The molecule has 44 valence electrons. The molecular weight excluding hydrogens is 307 g/mol. The molecule has 0 spiro atoms. The zero-order chi connectivity index (χ0) is 5.70. The van der Waals surface area contributed by atoms with E-state index in [2.05, 4.69) is 47.8 Å². The number of hydrogen-bond acceptors (Lipinski definition) is 0. The summed E-state index contributed by atoms with van der Waals surface area (Å²) in [6, 6.07) is 0. The van der Waals surface area contributed by atoms with Gasteiger partial charge in [0.15, 0.2) is 0 Å². The van der Waals surface area contributed by atoms with Gasteiger partial charge in [-0.25, -0.2) is 0 Å². The molecule has 7 heavy (non-hydrogen) atoms. The van der Waals surface area contributed by atoms with Crippen LogP contribution in [0.2, 0.25) is 0 Å². The highest BCUT2D eigenvalue weighted by Gasteiger charge is 1.98. The molecule has 0 aromatic heterocycles. The Bertz CT molecular complexity index is 31.7. The molecule has 0 heterocycles. The minimum Gasteiger partial charge on any atom is -0.0876 e. The molecule has 0 fully saturated rings. The lowest BCUT2D eigenvalue weighted by Crippen LogP contribution is -1.74. The standard InChI is InChI=1S/C3H6Br3P/c4-1-7(2-5)3-6/h1-3H2. The Kier molecular flexibility index (Phi) is 7.60. The van der Waals surface area contributed by atoms with Crippen LogP contribution in [0.4, 0.5) is 0 Å². The van der Waals surface area contributed by atoms with Gasteiger partial charge in [0, 0.05) is 15.2 Å². The molecule has 0 aromatic rings. The molecule has 0 radical (unpaired) electrons. The van der Waals surface area contributed by atoms with Crippen LogP contribution in [0, 0.1) is 0 Å². The zero-order valence-electron chi connectivity index (χ0n) is 3.70. The lowest BCUT2D eigenvalue weighted by atomic mass is 11.8. The van der Waals surface area contributed by atoms with Crippen LogP contribution in [0.15, 0.2) is 0 Å². The van der Waals surface area contributed by atoms with E-state index in [1.165, 1.54) is 0 Å². The van der Waals surface area contributed by atoms with Crippen molar-refractivity contribution in [2.45, 2.75) is 0 Å². The highest BCUT2D eigenvalue weighted by atomic mass is 79.9. The van der Waals surface area contributed by atoms with Crippen LogP contribution in [0.1, 0.15) is 0 Å². The molecule has 0 saturated carbocycles. The Morgan fingerprint density at radius 3 is 1.14 bits per heavy atom. The molecule has 0 N–H and O–H groups in total. The van der Waals surface area contributed by atoms with E-state index in [1.807, 2.05) is 0 Å². The summed E-state index contributed by atoms with van der Waals surface area (Å²) < 4.78 is 0. The molecule has 0 atom stereocenters. The molecular formula is C3H6Br3P. The first-order chi connectivity index (χ1) is 3.35. The average Bonchev–Trinajstić information content (AvgIpc) is 1.72. The fraction of sp³-hybridized carbons (Fsp3) is 1.00. The maximum Gasteiger partial charge on any atom is 0.0250 e. The maximum atomic E-state index is 3.40. The van der Waals surface area contributed by atoms with Gasteiger partial charge < -0.3 is 0 Å². The molecule has 4 heteroatoms. The molecule has 0 bridgehead atoms. The predicted octanol–water partition coefficient (Wildman–Crippen LogP) is 3.53. The third kappa shape index (κ3) is 4.38. The second kappa shape index (κ2) is 6.00. The van der Waals surface area contributed by atoms with E-state index in [9.17, 15) is 0 Å². The summed E-state index contributed by atoms with van der Waals surface area (Å²) in [5.74, 6) is 0. The monoisotopic (exact) mass is 310 g/mol. The normalized spacial score (nSPS) is 10.3. The van der Waals surface area contributed by atoms with Crippen molar-refractivity contribution in [1.29, 1.82) is 0 Å². The number of alkyl halides is 3. The number of halogens is 3. The molecule has 0 rings (SSSR count). The van der Waals surface area contributed by atoms with Crippen molar-refractivity contribution in [1.82, 2.24) is 0 Å². The van der Waals surface area contributed by atoms with Gasteiger partial charge in [0.2, 0.25) is 0 Å². The van der Waals surface area contributed by atoms with E-state index in [-0.39, 0.29) is 7.92 Å². The summed E-state index contributed by atoms with van der Waals surface area (Å²) in [6.07, 6.45) is 0. The van der Waals surface area contributed by atoms with Crippen LogP contribution in [0.3, 0.4) is 0 Å². The Balaban J connectivity index is 2.99. The van der Waals surface area contributed by atoms with Gasteiger partial charge in [-0.2, -0.15) is 0 Å². The van der Waals surface area contributed by atoms with E-state index in [1.54, 1.807) is 0 Å². The lowest BCUT2D eigenvalue weighted by Gasteiger charge is -2.03. The van der Waals surface area contributed by atoms with Crippen LogP contribution in [0.5, 0.6) is 0 Å².